The fraction of sp³-hybridized carbons (Fsp3) is 0.444. The number of anilines is 1. The minimum atomic E-state index is -5.10. The summed E-state index contributed by atoms with van der Waals surface area (Å²) in [5, 5.41) is 3.77. The Labute approximate surface area is 169 Å². The van der Waals surface area contributed by atoms with E-state index in [0.29, 0.717) is 13.0 Å². The van der Waals surface area contributed by atoms with Crippen LogP contribution in [0.4, 0.5) is 18.9 Å². The SMILES string of the molecule is CCN1CC=C(CC(=O)NC2(C(F)(F)F)C(=O)Nc3cc(Cl)cc(Cl)c32)CC1. The van der Waals surface area contributed by atoms with Crippen molar-refractivity contribution in [2.45, 2.75) is 31.5 Å². The van der Waals surface area contributed by atoms with E-state index in [0.717, 1.165) is 24.7 Å². The molecule has 1 aromatic rings. The number of carbonyl (C=O) groups excluding carboxylic acids is 2. The van der Waals surface area contributed by atoms with Gasteiger partial charge in [0.15, 0.2) is 0 Å². The van der Waals surface area contributed by atoms with Gasteiger partial charge in [-0.2, -0.15) is 13.2 Å². The predicted octanol–water partition coefficient (Wildman–Crippen LogP) is 3.86. The zero-order chi connectivity index (χ0) is 20.7. The zero-order valence-electron chi connectivity index (χ0n) is 14.9. The fourth-order valence-corrected chi connectivity index (χ4v) is 4.14. The van der Waals surface area contributed by atoms with E-state index in [1.165, 1.54) is 6.07 Å². The number of fused-ring (bicyclic) bond motifs is 1. The lowest BCUT2D eigenvalue weighted by atomic mass is 9.89. The maximum atomic E-state index is 14.1. The number of hydrogen-bond acceptors (Lipinski definition) is 3. The normalized spacial score (nSPS) is 22.5. The molecule has 2 amide bonds. The van der Waals surface area contributed by atoms with Gasteiger partial charge in [-0.3, -0.25) is 14.5 Å². The van der Waals surface area contributed by atoms with Crippen LogP contribution < -0.4 is 10.6 Å². The van der Waals surface area contributed by atoms with Gasteiger partial charge in [-0.05, 0) is 25.1 Å². The summed E-state index contributed by atoms with van der Waals surface area (Å²) >= 11 is 11.8. The summed E-state index contributed by atoms with van der Waals surface area (Å²) in [6.07, 6.45) is -2.90. The van der Waals surface area contributed by atoms with Gasteiger partial charge < -0.3 is 10.6 Å². The molecule has 0 fully saturated rings. The molecule has 2 heterocycles. The number of alkyl halides is 3. The van der Waals surface area contributed by atoms with Gasteiger partial charge in [0.05, 0.1) is 10.7 Å². The van der Waals surface area contributed by atoms with Crippen molar-refractivity contribution in [2.24, 2.45) is 0 Å². The summed E-state index contributed by atoms with van der Waals surface area (Å²) < 4.78 is 42.2. The lowest BCUT2D eigenvalue weighted by molar-refractivity contribution is -0.200. The Hall–Kier alpha value is -1.77. The molecule has 1 atom stereocenters. The van der Waals surface area contributed by atoms with Crippen molar-refractivity contribution in [3.8, 4) is 0 Å². The molecule has 10 heteroatoms. The van der Waals surface area contributed by atoms with Crippen LogP contribution in [-0.2, 0) is 15.1 Å². The van der Waals surface area contributed by atoms with Crippen LogP contribution in [0.25, 0.3) is 0 Å². The van der Waals surface area contributed by atoms with Crippen molar-refractivity contribution in [3.63, 3.8) is 0 Å². The Bertz CT molecular complexity index is 857. The number of halogens is 5. The molecular weight excluding hydrogens is 418 g/mol. The molecule has 28 heavy (non-hydrogen) atoms. The summed E-state index contributed by atoms with van der Waals surface area (Å²) in [6, 6.07) is 2.28. The van der Waals surface area contributed by atoms with Crippen LogP contribution in [0.5, 0.6) is 0 Å². The minimum Gasteiger partial charge on any atom is -0.330 e. The number of carbonyl (C=O) groups is 2. The molecule has 0 saturated carbocycles. The second-order valence-corrected chi connectivity index (χ2v) is 7.59. The third kappa shape index (κ3) is 3.60. The van der Waals surface area contributed by atoms with E-state index in [2.05, 4.69) is 10.2 Å². The van der Waals surface area contributed by atoms with Crippen LogP contribution in [0, 0.1) is 0 Å². The highest BCUT2D eigenvalue weighted by Gasteiger charge is 2.67. The van der Waals surface area contributed by atoms with E-state index in [-0.39, 0.29) is 22.2 Å². The standard InChI is InChI=1S/C18H18Cl2F3N3O2/c1-2-26-5-3-10(4-6-26)7-14(27)25-17(18(21,22)23)15-12(20)8-11(19)9-13(15)24-16(17)28/h3,8-9H,2,4-7H2,1H3,(H,24,28)(H,25,27). The second kappa shape index (κ2) is 7.57. The average molecular weight is 436 g/mol. The quantitative estimate of drug-likeness (QED) is 0.705. The summed E-state index contributed by atoms with van der Waals surface area (Å²) in [5.41, 5.74) is -3.23. The van der Waals surface area contributed by atoms with Crippen molar-refractivity contribution >= 4 is 40.7 Å². The van der Waals surface area contributed by atoms with Crippen molar-refractivity contribution < 1.29 is 22.8 Å². The first-order valence-electron chi connectivity index (χ1n) is 8.67. The molecule has 2 N–H and O–H groups in total. The Kier molecular flexibility index (Phi) is 5.67. The predicted molar refractivity (Wildman–Crippen MR) is 100 cm³/mol. The molecule has 0 radical (unpaired) electrons. The maximum Gasteiger partial charge on any atom is 0.425 e. The number of nitrogens with zero attached hydrogens (tertiary/aromatic N) is 1. The van der Waals surface area contributed by atoms with Crippen LogP contribution in [0.3, 0.4) is 0 Å². The van der Waals surface area contributed by atoms with Crippen LogP contribution in [-0.4, -0.2) is 42.5 Å². The van der Waals surface area contributed by atoms with Gasteiger partial charge in [-0.1, -0.05) is 41.8 Å². The van der Waals surface area contributed by atoms with Gasteiger partial charge in [-0.15, -0.1) is 0 Å². The molecule has 0 bridgehead atoms. The molecule has 152 valence electrons. The highest BCUT2D eigenvalue weighted by atomic mass is 35.5. The third-order valence-electron chi connectivity index (χ3n) is 4.99. The molecule has 1 unspecified atom stereocenters. The van der Waals surface area contributed by atoms with Gasteiger partial charge in [0, 0.05) is 30.1 Å². The average Bonchev–Trinajstić information content (AvgIpc) is 2.87. The number of rotatable bonds is 4. The molecule has 1 aromatic carbocycles. The van der Waals surface area contributed by atoms with E-state index in [9.17, 15) is 22.8 Å². The first-order valence-corrected chi connectivity index (χ1v) is 9.43. The fourth-order valence-electron chi connectivity index (χ4n) is 3.50. The molecule has 0 aliphatic carbocycles. The van der Waals surface area contributed by atoms with Crippen LogP contribution >= 0.6 is 23.2 Å². The Morgan fingerprint density at radius 3 is 2.64 bits per heavy atom. The highest BCUT2D eigenvalue weighted by molar-refractivity contribution is 6.37. The first kappa shape index (κ1) is 21.0. The largest absolute Gasteiger partial charge is 0.425 e. The lowest BCUT2D eigenvalue weighted by Gasteiger charge is -2.32. The monoisotopic (exact) mass is 435 g/mol. The smallest absolute Gasteiger partial charge is 0.330 e. The van der Waals surface area contributed by atoms with Crippen molar-refractivity contribution in [2.75, 3.05) is 25.0 Å². The van der Waals surface area contributed by atoms with Gasteiger partial charge in [0.1, 0.15) is 0 Å². The minimum absolute atomic E-state index is 0.0705. The van der Waals surface area contributed by atoms with Crippen LogP contribution in [0.15, 0.2) is 23.8 Å². The zero-order valence-corrected chi connectivity index (χ0v) is 16.4. The molecular formula is C18H18Cl2F3N3O2. The van der Waals surface area contributed by atoms with Crippen LogP contribution in [0.2, 0.25) is 10.0 Å². The number of nitrogens with one attached hydrogen (secondary N) is 2. The van der Waals surface area contributed by atoms with Crippen molar-refractivity contribution in [3.05, 3.63) is 39.4 Å². The molecule has 0 spiro atoms. The molecule has 3 rings (SSSR count). The Morgan fingerprint density at radius 1 is 1.36 bits per heavy atom. The van der Waals surface area contributed by atoms with Gasteiger partial charge in [0.25, 0.3) is 5.91 Å². The summed E-state index contributed by atoms with van der Waals surface area (Å²) in [7, 11) is 0. The van der Waals surface area contributed by atoms with E-state index in [4.69, 9.17) is 23.2 Å². The molecule has 2 aliphatic heterocycles. The van der Waals surface area contributed by atoms with E-state index in [1.807, 2.05) is 18.3 Å². The summed E-state index contributed by atoms with van der Waals surface area (Å²) in [4.78, 5) is 27.0. The molecule has 0 saturated heterocycles. The molecule has 2 aliphatic rings. The van der Waals surface area contributed by atoms with Crippen LogP contribution in [0.1, 0.15) is 25.3 Å². The highest BCUT2D eigenvalue weighted by Crippen LogP contribution is 2.50. The van der Waals surface area contributed by atoms with E-state index >= 15 is 0 Å². The van der Waals surface area contributed by atoms with Gasteiger partial charge >= 0.3 is 6.18 Å². The second-order valence-electron chi connectivity index (χ2n) is 6.74. The Balaban J connectivity index is 1.92. The van der Waals surface area contributed by atoms with Gasteiger partial charge in [0.2, 0.25) is 11.4 Å². The first-order chi connectivity index (χ1) is 13.1. The third-order valence-corrected chi connectivity index (χ3v) is 5.51. The van der Waals surface area contributed by atoms with Gasteiger partial charge in [-0.25, -0.2) is 0 Å². The molecule has 5 nitrogen and oxygen atoms in total. The number of benzene rings is 1. The number of likely N-dealkylation sites (N-methyl/N-ethyl adjacent to an activating group) is 1. The molecule has 0 aromatic heterocycles. The topological polar surface area (TPSA) is 61.4 Å². The summed E-state index contributed by atoms with van der Waals surface area (Å²) in [5.74, 6) is -2.31. The van der Waals surface area contributed by atoms with E-state index in [1.54, 1.807) is 0 Å². The lowest BCUT2D eigenvalue weighted by Crippen LogP contribution is -2.60. The maximum absolute atomic E-state index is 14.1. The Morgan fingerprint density at radius 2 is 2.07 bits per heavy atom. The summed E-state index contributed by atoms with van der Waals surface area (Å²) in [6.45, 7) is 4.22. The number of hydrogen-bond donors (Lipinski definition) is 2. The van der Waals surface area contributed by atoms with E-state index < -0.39 is 29.1 Å². The van der Waals surface area contributed by atoms with Crippen molar-refractivity contribution in [1.82, 2.24) is 10.2 Å². The van der Waals surface area contributed by atoms with Crippen molar-refractivity contribution in [1.29, 1.82) is 0 Å². The number of amides is 2.